The monoisotopic (exact) mass is 220 g/mol. The van der Waals surface area contributed by atoms with Gasteiger partial charge in [0.25, 0.3) is 0 Å². The number of nitrogens with two attached hydrogens (primary N) is 1. The Morgan fingerprint density at radius 1 is 1.56 bits per heavy atom. The predicted octanol–water partition coefficient (Wildman–Crippen LogP) is 1.03. The summed E-state index contributed by atoms with van der Waals surface area (Å²) in [6, 6.07) is 6.22. The zero-order valence-corrected chi connectivity index (χ0v) is 9.40. The van der Waals surface area contributed by atoms with E-state index in [9.17, 15) is 4.79 Å². The summed E-state index contributed by atoms with van der Waals surface area (Å²) in [7, 11) is 0. The molecule has 0 aromatic heterocycles. The van der Waals surface area contributed by atoms with Crippen molar-refractivity contribution in [1.29, 1.82) is 0 Å². The van der Waals surface area contributed by atoms with Crippen LogP contribution in [0.2, 0.25) is 0 Å². The van der Waals surface area contributed by atoms with Crippen molar-refractivity contribution in [2.24, 2.45) is 5.90 Å². The SMILES string of the molecule is CC(=O)N1CCc2ccc(CCON)cc21. The van der Waals surface area contributed by atoms with Gasteiger partial charge in [-0.15, -0.1) is 0 Å². The molecule has 1 aromatic carbocycles. The van der Waals surface area contributed by atoms with Crippen LogP contribution in [0.5, 0.6) is 0 Å². The number of amides is 1. The fourth-order valence-corrected chi connectivity index (χ4v) is 2.08. The Morgan fingerprint density at radius 3 is 3.06 bits per heavy atom. The van der Waals surface area contributed by atoms with Crippen molar-refractivity contribution in [3.8, 4) is 0 Å². The fraction of sp³-hybridized carbons (Fsp3) is 0.417. The predicted molar refractivity (Wildman–Crippen MR) is 62.0 cm³/mol. The number of rotatable bonds is 3. The Hall–Kier alpha value is -1.39. The van der Waals surface area contributed by atoms with E-state index in [1.54, 1.807) is 6.92 Å². The molecule has 4 heteroatoms. The summed E-state index contributed by atoms with van der Waals surface area (Å²) in [4.78, 5) is 17.8. The molecule has 1 amide bonds. The van der Waals surface area contributed by atoms with E-state index in [-0.39, 0.29) is 5.91 Å². The topological polar surface area (TPSA) is 55.6 Å². The maximum Gasteiger partial charge on any atom is 0.223 e. The Kier molecular flexibility index (Phi) is 3.22. The van der Waals surface area contributed by atoms with E-state index in [1.807, 2.05) is 4.90 Å². The summed E-state index contributed by atoms with van der Waals surface area (Å²) < 4.78 is 0. The van der Waals surface area contributed by atoms with E-state index in [0.29, 0.717) is 6.61 Å². The normalized spacial score (nSPS) is 14.0. The highest BCUT2D eigenvalue weighted by atomic mass is 16.6. The van der Waals surface area contributed by atoms with Crippen LogP contribution < -0.4 is 10.8 Å². The second-order valence-corrected chi connectivity index (χ2v) is 4.00. The minimum absolute atomic E-state index is 0.103. The summed E-state index contributed by atoms with van der Waals surface area (Å²) in [5, 5.41) is 0. The van der Waals surface area contributed by atoms with E-state index in [2.05, 4.69) is 23.0 Å². The Bertz CT molecular complexity index is 404. The maximum atomic E-state index is 11.4. The summed E-state index contributed by atoms with van der Waals surface area (Å²) in [6.45, 7) is 2.89. The third kappa shape index (κ3) is 2.08. The van der Waals surface area contributed by atoms with Gasteiger partial charge < -0.3 is 9.74 Å². The molecule has 0 unspecified atom stereocenters. The van der Waals surface area contributed by atoms with E-state index in [0.717, 1.165) is 30.6 Å². The first-order valence-corrected chi connectivity index (χ1v) is 5.44. The smallest absolute Gasteiger partial charge is 0.223 e. The minimum Gasteiger partial charge on any atom is -0.312 e. The van der Waals surface area contributed by atoms with Crippen molar-refractivity contribution in [3.63, 3.8) is 0 Å². The number of benzene rings is 1. The van der Waals surface area contributed by atoms with Gasteiger partial charge in [-0.3, -0.25) is 4.79 Å². The van der Waals surface area contributed by atoms with Crippen molar-refractivity contribution < 1.29 is 9.63 Å². The van der Waals surface area contributed by atoms with Gasteiger partial charge in [-0.2, -0.15) is 0 Å². The van der Waals surface area contributed by atoms with Crippen molar-refractivity contribution in [2.75, 3.05) is 18.1 Å². The molecule has 0 fully saturated rings. The average molecular weight is 220 g/mol. The molecular weight excluding hydrogens is 204 g/mol. The first-order chi connectivity index (χ1) is 7.72. The number of anilines is 1. The lowest BCUT2D eigenvalue weighted by Crippen LogP contribution is -2.25. The highest BCUT2D eigenvalue weighted by Gasteiger charge is 2.21. The van der Waals surface area contributed by atoms with Crippen LogP contribution in [-0.4, -0.2) is 19.1 Å². The van der Waals surface area contributed by atoms with E-state index < -0.39 is 0 Å². The van der Waals surface area contributed by atoms with E-state index >= 15 is 0 Å². The number of hydrogen-bond acceptors (Lipinski definition) is 3. The molecule has 4 nitrogen and oxygen atoms in total. The van der Waals surface area contributed by atoms with Crippen LogP contribution in [0.25, 0.3) is 0 Å². The van der Waals surface area contributed by atoms with Crippen LogP contribution in [0.3, 0.4) is 0 Å². The molecule has 0 radical (unpaired) electrons. The van der Waals surface area contributed by atoms with Gasteiger partial charge in [-0.25, -0.2) is 5.90 Å². The maximum absolute atomic E-state index is 11.4. The van der Waals surface area contributed by atoms with Gasteiger partial charge in [0, 0.05) is 19.2 Å². The molecule has 0 atom stereocenters. The van der Waals surface area contributed by atoms with Crippen LogP contribution in [0.4, 0.5) is 5.69 Å². The standard InChI is InChI=1S/C12H16N2O2/c1-9(15)14-6-4-11-3-2-10(5-7-16-13)8-12(11)14/h2-3,8H,4-7,13H2,1H3. The second kappa shape index (κ2) is 4.63. The molecule has 16 heavy (non-hydrogen) atoms. The largest absolute Gasteiger partial charge is 0.312 e. The van der Waals surface area contributed by atoms with Crippen LogP contribution >= 0.6 is 0 Å². The molecule has 2 rings (SSSR count). The van der Waals surface area contributed by atoms with Gasteiger partial charge in [0.15, 0.2) is 0 Å². The minimum atomic E-state index is 0.103. The Labute approximate surface area is 94.9 Å². The third-order valence-corrected chi connectivity index (χ3v) is 2.93. The lowest BCUT2D eigenvalue weighted by atomic mass is 10.1. The van der Waals surface area contributed by atoms with Gasteiger partial charge in [0.05, 0.1) is 6.61 Å². The zero-order chi connectivity index (χ0) is 11.5. The molecule has 0 saturated carbocycles. The van der Waals surface area contributed by atoms with Gasteiger partial charge in [0.1, 0.15) is 0 Å². The summed E-state index contributed by atoms with van der Waals surface area (Å²) in [5.74, 6) is 5.10. The Balaban J connectivity index is 2.23. The van der Waals surface area contributed by atoms with Crippen molar-refractivity contribution in [3.05, 3.63) is 29.3 Å². The number of nitrogens with zero attached hydrogens (tertiary/aromatic N) is 1. The molecule has 1 aliphatic rings. The molecule has 0 aliphatic carbocycles. The molecular formula is C12H16N2O2. The number of carbonyl (C=O) groups excluding carboxylic acids is 1. The average Bonchev–Trinajstić information content (AvgIpc) is 2.69. The summed E-state index contributed by atoms with van der Waals surface area (Å²) in [6.07, 6.45) is 1.72. The number of fused-ring (bicyclic) bond motifs is 1. The quantitative estimate of drug-likeness (QED) is 0.774. The molecule has 2 N–H and O–H groups in total. The molecule has 1 aliphatic heterocycles. The van der Waals surface area contributed by atoms with Gasteiger partial charge in [-0.1, -0.05) is 12.1 Å². The summed E-state index contributed by atoms with van der Waals surface area (Å²) in [5.41, 5.74) is 3.44. The molecule has 1 aromatic rings. The van der Waals surface area contributed by atoms with Crippen LogP contribution in [0.1, 0.15) is 18.1 Å². The van der Waals surface area contributed by atoms with Crippen molar-refractivity contribution >= 4 is 11.6 Å². The van der Waals surface area contributed by atoms with E-state index in [4.69, 9.17) is 5.90 Å². The number of carbonyl (C=O) groups is 1. The molecule has 86 valence electrons. The van der Waals surface area contributed by atoms with Crippen molar-refractivity contribution in [2.45, 2.75) is 19.8 Å². The van der Waals surface area contributed by atoms with Gasteiger partial charge in [0.2, 0.25) is 5.91 Å². The van der Waals surface area contributed by atoms with Crippen LogP contribution in [0, 0.1) is 0 Å². The lowest BCUT2D eigenvalue weighted by Gasteiger charge is -2.15. The Morgan fingerprint density at radius 2 is 2.38 bits per heavy atom. The number of hydrogen-bond donors (Lipinski definition) is 1. The first kappa shape index (κ1) is 11.1. The highest BCUT2D eigenvalue weighted by molar-refractivity contribution is 5.93. The second-order valence-electron chi connectivity index (χ2n) is 4.00. The van der Waals surface area contributed by atoms with Gasteiger partial charge in [-0.05, 0) is 30.0 Å². The van der Waals surface area contributed by atoms with Crippen molar-refractivity contribution in [1.82, 2.24) is 0 Å². The first-order valence-electron chi connectivity index (χ1n) is 5.44. The van der Waals surface area contributed by atoms with Crippen LogP contribution in [-0.2, 0) is 22.5 Å². The zero-order valence-electron chi connectivity index (χ0n) is 9.40. The van der Waals surface area contributed by atoms with Crippen LogP contribution in [0.15, 0.2) is 18.2 Å². The highest BCUT2D eigenvalue weighted by Crippen LogP contribution is 2.29. The molecule has 0 spiro atoms. The molecule has 0 saturated heterocycles. The lowest BCUT2D eigenvalue weighted by molar-refractivity contribution is -0.116. The summed E-state index contributed by atoms with van der Waals surface area (Å²) >= 11 is 0. The molecule has 0 bridgehead atoms. The van der Waals surface area contributed by atoms with Gasteiger partial charge >= 0.3 is 0 Å². The van der Waals surface area contributed by atoms with E-state index in [1.165, 1.54) is 5.56 Å². The molecule has 1 heterocycles. The third-order valence-electron chi connectivity index (χ3n) is 2.93. The fourth-order valence-electron chi connectivity index (χ4n) is 2.08.